The van der Waals surface area contributed by atoms with Crippen LogP contribution in [0.4, 0.5) is 0 Å². The van der Waals surface area contributed by atoms with Gasteiger partial charge in [-0.25, -0.2) is 4.99 Å². The molecule has 1 rings (SSSR count). The molecule has 119 valence electrons. The molecule has 1 radical (unpaired) electrons. The normalized spacial score (nSPS) is 18.3. The Morgan fingerprint density at radius 2 is 1.95 bits per heavy atom. The van der Waals surface area contributed by atoms with E-state index in [9.17, 15) is 4.79 Å². The van der Waals surface area contributed by atoms with Crippen LogP contribution in [0.5, 0.6) is 0 Å². The average Bonchev–Trinajstić information content (AvgIpc) is 2.50. The minimum atomic E-state index is 0.00515. The molecule has 0 amide bonds. The molecule has 0 aromatic rings. The number of carbonyl (C=O) groups is 1. The maximum atomic E-state index is 12.2. The monoisotopic (exact) mass is 300 g/mol. The lowest BCUT2D eigenvalue weighted by Crippen LogP contribution is -2.30. The number of nitrogens with zero attached hydrogens (tertiary/aromatic N) is 2. The van der Waals surface area contributed by atoms with Gasteiger partial charge in [0.1, 0.15) is 5.68 Å². The highest BCUT2D eigenvalue weighted by Gasteiger charge is 2.17. The standard InChI is InChI=1S/C17H27BN3O/c1-6-20-13(4)16(12(2)3)21-14(5)17(22)18-11-15-7-9-19-10-8-15/h6,15,19H,2,7-11H2,1,3-5H3/b16-13+,20-6?,21-14?. The largest absolute Gasteiger partial charge is 0.317 e. The molecule has 4 nitrogen and oxygen atoms in total. The molecule has 0 aliphatic carbocycles. The third-order valence-corrected chi connectivity index (χ3v) is 3.80. The number of carbonyl (C=O) groups excluding carboxylic acids is 1. The van der Waals surface area contributed by atoms with Crippen LogP contribution in [0.1, 0.15) is 40.5 Å². The van der Waals surface area contributed by atoms with E-state index in [2.05, 4.69) is 21.9 Å². The Morgan fingerprint density at radius 1 is 1.32 bits per heavy atom. The SMILES string of the molecule is C=C(C)/C(N=C(C)C(=O)[B]CC1CCNCC1)=C(/C)N=CC. The highest BCUT2D eigenvalue weighted by molar-refractivity contribution is 6.88. The predicted molar refractivity (Wildman–Crippen MR) is 96.0 cm³/mol. The van der Waals surface area contributed by atoms with Crippen molar-refractivity contribution in [2.24, 2.45) is 15.9 Å². The summed E-state index contributed by atoms with van der Waals surface area (Å²) >= 11 is 0. The van der Waals surface area contributed by atoms with Crippen LogP contribution in [-0.2, 0) is 4.79 Å². The Bertz CT molecular complexity index is 500. The van der Waals surface area contributed by atoms with Crippen molar-refractivity contribution in [3.05, 3.63) is 23.5 Å². The van der Waals surface area contributed by atoms with Gasteiger partial charge >= 0.3 is 0 Å². The van der Waals surface area contributed by atoms with Crippen molar-refractivity contribution in [2.45, 2.75) is 46.9 Å². The first-order chi connectivity index (χ1) is 10.5. The van der Waals surface area contributed by atoms with Crippen molar-refractivity contribution in [1.82, 2.24) is 5.32 Å². The molecule has 1 aliphatic rings. The number of aliphatic imine (C=N–C) groups is 2. The molecule has 0 aromatic heterocycles. The molecule has 1 aliphatic heterocycles. The van der Waals surface area contributed by atoms with E-state index in [-0.39, 0.29) is 5.68 Å². The molecule has 0 aromatic carbocycles. The molecule has 0 spiro atoms. The van der Waals surface area contributed by atoms with Crippen molar-refractivity contribution in [1.29, 1.82) is 0 Å². The van der Waals surface area contributed by atoms with Gasteiger partial charge in [0.25, 0.3) is 0 Å². The smallest absolute Gasteiger partial charge is 0.211 e. The van der Waals surface area contributed by atoms with Gasteiger partial charge in [-0.2, -0.15) is 0 Å². The molecular formula is C17H27BN3O. The van der Waals surface area contributed by atoms with Gasteiger partial charge in [0, 0.05) is 6.21 Å². The summed E-state index contributed by atoms with van der Waals surface area (Å²) in [7, 11) is 1.78. The first kappa shape index (κ1) is 18.6. The van der Waals surface area contributed by atoms with E-state index in [4.69, 9.17) is 0 Å². The lowest BCUT2D eigenvalue weighted by molar-refractivity contribution is -0.106. The van der Waals surface area contributed by atoms with Crippen LogP contribution in [0, 0.1) is 5.92 Å². The Labute approximate surface area is 135 Å². The molecule has 5 heteroatoms. The molecule has 0 saturated carbocycles. The van der Waals surface area contributed by atoms with Gasteiger partial charge in [0.15, 0.2) is 0 Å². The fourth-order valence-corrected chi connectivity index (χ4v) is 2.50. The van der Waals surface area contributed by atoms with Gasteiger partial charge in [-0.1, -0.05) is 12.9 Å². The first-order valence-corrected chi connectivity index (χ1v) is 7.94. The second kappa shape index (κ2) is 9.52. The number of nitrogens with one attached hydrogen (secondary N) is 1. The van der Waals surface area contributed by atoms with E-state index in [1.165, 1.54) is 0 Å². The van der Waals surface area contributed by atoms with Crippen LogP contribution in [0.2, 0.25) is 6.32 Å². The summed E-state index contributed by atoms with van der Waals surface area (Å²) < 4.78 is 0. The maximum absolute atomic E-state index is 12.2. The van der Waals surface area contributed by atoms with E-state index in [0.717, 1.165) is 43.5 Å². The predicted octanol–water partition coefficient (Wildman–Crippen LogP) is 2.99. The van der Waals surface area contributed by atoms with Crippen LogP contribution in [0.15, 0.2) is 33.5 Å². The quantitative estimate of drug-likeness (QED) is 0.446. The second-order valence-electron chi connectivity index (χ2n) is 5.80. The topological polar surface area (TPSA) is 53.8 Å². The molecule has 22 heavy (non-hydrogen) atoms. The zero-order valence-electron chi connectivity index (χ0n) is 14.3. The molecule has 0 unspecified atom stereocenters. The van der Waals surface area contributed by atoms with E-state index in [0.29, 0.717) is 17.3 Å². The molecule has 1 heterocycles. The zero-order valence-corrected chi connectivity index (χ0v) is 14.3. The molecule has 0 atom stereocenters. The lowest BCUT2D eigenvalue weighted by atomic mass is 9.63. The number of piperidine rings is 1. The minimum absolute atomic E-state index is 0.00515. The van der Waals surface area contributed by atoms with E-state index in [1.54, 1.807) is 20.4 Å². The zero-order chi connectivity index (χ0) is 16.5. The van der Waals surface area contributed by atoms with Crippen molar-refractivity contribution in [3.8, 4) is 0 Å². The summed E-state index contributed by atoms with van der Waals surface area (Å²) in [5, 5.41) is 3.34. The summed E-state index contributed by atoms with van der Waals surface area (Å²) in [6.07, 6.45) is 4.84. The molecular weight excluding hydrogens is 273 g/mol. The van der Waals surface area contributed by atoms with Gasteiger partial charge in [-0.15, -0.1) is 0 Å². The number of hydrogen-bond donors (Lipinski definition) is 1. The summed E-state index contributed by atoms with van der Waals surface area (Å²) in [5.41, 5.74) is 2.79. The number of rotatable bonds is 7. The highest BCUT2D eigenvalue weighted by Crippen LogP contribution is 2.17. The average molecular weight is 300 g/mol. The van der Waals surface area contributed by atoms with Gasteiger partial charge in [-0.3, -0.25) is 4.99 Å². The number of allylic oxidation sites excluding steroid dienone is 2. The van der Waals surface area contributed by atoms with Gasteiger partial charge < -0.3 is 10.1 Å². The summed E-state index contributed by atoms with van der Waals surface area (Å²) in [4.78, 5) is 20.9. The third-order valence-electron chi connectivity index (χ3n) is 3.80. The summed E-state index contributed by atoms with van der Waals surface area (Å²) in [6.45, 7) is 13.4. The molecule has 0 bridgehead atoms. The Hall–Kier alpha value is -1.49. The molecule has 1 fully saturated rings. The van der Waals surface area contributed by atoms with Crippen molar-refractivity contribution >= 4 is 24.9 Å². The van der Waals surface area contributed by atoms with Crippen LogP contribution >= 0.6 is 0 Å². The van der Waals surface area contributed by atoms with E-state index >= 15 is 0 Å². The fraction of sp³-hybridized carbons (Fsp3) is 0.588. The Morgan fingerprint density at radius 3 is 2.50 bits per heavy atom. The van der Waals surface area contributed by atoms with Crippen LogP contribution in [0.25, 0.3) is 0 Å². The van der Waals surface area contributed by atoms with E-state index in [1.807, 2.05) is 20.8 Å². The molecule has 1 saturated heterocycles. The van der Waals surface area contributed by atoms with Crippen LogP contribution in [-0.4, -0.2) is 38.0 Å². The highest BCUT2D eigenvalue weighted by atomic mass is 16.1. The maximum Gasteiger partial charge on any atom is 0.211 e. The Kier molecular flexibility index (Phi) is 8.03. The van der Waals surface area contributed by atoms with Gasteiger partial charge in [-0.05, 0) is 65.1 Å². The second-order valence-corrected chi connectivity index (χ2v) is 5.80. The van der Waals surface area contributed by atoms with Crippen LogP contribution < -0.4 is 5.32 Å². The first-order valence-electron chi connectivity index (χ1n) is 7.94. The van der Waals surface area contributed by atoms with E-state index < -0.39 is 0 Å². The summed E-state index contributed by atoms with van der Waals surface area (Å²) in [6, 6.07) is 0. The van der Waals surface area contributed by atoms with Crippen LogP contribution in [0.3, 0.4) is 0 Å². The van der Waals surface area contributed by atoms with Gasteiger partial charge in [0.05, 0.1) is 17.1 Å². The van der Waals surface area contributed by atoms with Crippen molar-refractivity contribution < 1.29 is 4.79 Å². The third kappa shape index (κ3) is 6.10. The lowest BCUT2D eigenvalue weighted by Gasteiger charge is -2.21. The van der Waals surface area contributed by atoms with Gasteiger partial charge in [0.2, 0.25) is 7.28 Å². The van der Waals surface area contributed by atoms with Crippen molar-refractivity contribution in [3.63, 3.8) is 0 Å². The number of hydrogen-bond acceptors (Lipinski definition) is 4. The molecule has 1 N–H and O–H groups in total. The summed E-state index contributed by atoms with van der Waals surface area (Å²) in [5.74, 6) is 0.612. The van der Waals surface area contributed by atoms with Crippen molar-refractivity contribution in [2.75, 3.05) is 13.1 Å². The Balaban J connectivity index is 2.70. The fourth-order valence-electron chi connectivity index (χ4n) is 2.50. The minimum Gasteiger partial charge on any atom is -0.317 e.